The van der Waals surface area contributed by atoms with Gasteiger partial charge in [0, 0.05) is 32.2 Å². The normalized spacial score (nSPS) is 15.0. The highest BCUT2D eigenvalue weighted by molar-refractivity contribution is 5.48. The molecule has 0 N–H and O–H groups in total. The quantitative estimate of drug-likeness (QED) is 0.843. The van der Waals surface area contributed by atoms with Crippen molar-refractivity contribution in [3.05, 3.63) is 30.4 Å². The average molecular weight is 300 g/mol. The van der Waals surface area contributed by atoms with Gasteiger partial charge in [-0.05, 0) is 19.9 Å². The number of aryl methyl sites for hydroxylation is 1. The third kappa shape index (κ3) is 3.24. The zero-order chi connectivity index (χ0) is 15.4. The van der Waals surface area contributed by atoms with E-state index >= 15 is 0 Å². The van der Waals surface area contributed by atoms with Gasteiger partial charge in [0.25, 0.3) is 0 Å². The third-order valence-electron chi connectivity index (χ3n) is 3.63. The van der Waals surface area contributed by atoms with Crippen LogP contribution in [0.15, 0.2) is 24.5 Å². The summed E-state index contributed by atoms with van der Waals surface area (Å²) >= 11 is 0. The van der Waals surface area contributed by atoms with Gasteiger partial charge in [-0.15, -0.1) is 0 Å². The van der Waals surface area contributed by atoms with E-state index in [1.54, 1.807) is 12.4 Å². The van der Waals surface area contributed by atoms with Gasteiger partial charge in [0.05, 0.1) is 24.7 Å². The van der Waals surface area contributed by atoms with Crippen LogP contribution in [0.3, 0.4) is 0 Å². The van der Waals surface area contributed by atoms with Crippen LogP contribution < -0.4 is 14.5 Å². The summed E-state index contributed by atoms with van der Waals surface area (Å²) in [5.74, 6) is 2.32. The summed E-state index contributed by atoms with van der Waals surface area (Å²) < 4.78 is 5.51. The molecule has 1 saturated heterocycles. The Morgan fingerprint density at radius 3 is 2.55 bits per heavy atom. The van der Waals surface area contributed by atoms with E-state index in [4.69, 9.17) is 4.74 Å². The molecule has 116 valence electrons. The van der Waals surface area contributed by atoms with Crippen LogP contribution in [0.25, 0.3) is 0 Å². The van der Waals surface area contributed by atoms with Gasteiger partial charge in [-0.1, -0.05) is 0 Å². The number of aromatic nitrogens is 4. The Labute approximate surface area is 130 Å². The SMILES string of the molecule is CCOc1cc(N2CCN(c3ccnnc3)CC2)nc(C)n1. The maximum absolute atomic E-state index is 5.51. The largest absolute Gasteiger partial charge is 0.478 e. The number of anilines is 2. The highest BCUT2D eigenvalue weighted by Gasteiger charge is 2.19. The molecule has 2 aromatic heterocycles. The minimum absolute atomic E-state index is 0.610. The molecule has 0 bridgehead atoms. The first-order chi connectivity index (χ1) is 10.8. The van der Waals surface area contributed by atoms with E-state index in [1.807, 2.05) is 26.0 Å². The van der Waals surface area contributed by atoms with Gasteiger partial charge in [-0.3, -0.25) is 0 Å². The fourth-order valence-corrected chi connectivity index (χ4v) is 2.57. The van der Waals surface area contributed by atoms with E-state index < -0.39 is 0 Å². The first-order valence-electron chi connectivity index (χ1n) is 7.51. The standard InChI is InChI=1S/C15H20N6O/c1-3-22-15-10-14(18-12(2)19-15)21-8-6-20(7-9-21)13-4-5-16-17-11-13/h4-5,10-11H,3,6-9H2,1-2H3. The smallest absolute Gasteiger partial charge is 0.218 e. The highest BCUT2D eigenvalue weighted by atomic mass is 16.5. The van der Waals surface area contributed by atoms with Crippen LogP contribution in [-0.2, 0) is 0 Å². The lowest BCUT2D eigenvalue weighted by Gasteiger charge is -2.36. The molecule has 1 fully saturated rings. The lowest BCUT2D eigenvalue weighted by Crippen LogP contribution is -2.47. The molecule has 0 spiro atoms. The van der Waals surface area contributed by atoms with Crippen LogP contribution in [0.1, 0.15) is 12.7 Å². The molecule has 7 heteroatoms. The summed E-state index contributed by atoms with van der Waals surface area (Å²) in [6, 6.07) is 3.91. The lowest BCUT2D eigenvalue weighted by molar-refractivity contribution is 0.325. The summed E-state index contributed by atoms with van der Waals surface area (Å²) in [6.45, 7) is 8.13. The monoisotopic (exact) mass is 300 g/mol. The Balaban J connectivity index is 1.68. The molecule has 0 unspecified atom stereocenters. The van der Waals surface area contributed by atoms with Crippen LogP contribution in [0.2, 0.25) is 0 Å². The molecular weight excluding hydrogens is 280 g/mol. The fourth-order valence-electron chi connectivity index (χ4n) is 2.57. The van der Waals surface area contributed by atoms with Crippen molar-refractivity contribution in [2.24, 2.45) is 0 Å². The Morgan fingerprint density at radius 1 is 1.09 bits per heavy atom. The second-order valence-corrected chi connectivity index (χ2v) is 5.12. The number of hydrogen-bond acceptors (Lipinski definition) is 7. The molecule has 0 aliphatic carbocycles. The number of ether oxygens (including phenoxy) is 1. The number of hydrogen-bond donors (Lipinski definition) is 0. The maximum atomic E-state index is 5.51. The number of nitrogens with zero attached hydrogens (tertiary/aromatic N) is 6. The minimum Gasteiger partial charge on any atom is -0.478 e. The van der Waals surface area contributed by atoms with Gasteiger partial charge < -0.3 is 14.5 Å². The molecule has 3 rings (SSSR count). The average Bonchev–Trinajstić information content (AvgIpc) is 2.56. The van der Waals surface area contributed by atoms with Crippen molar-refractivity contribution in [2.75, 3.05) is 42.6 Å². The molecule has 1 aliphatic rings. The molecule has 0 saturated carbocycles. The van der Waals surface area contributed by atoms with E-state index in [0.29, 0.717) is 12.5 Å². The lowest BCUT2D eigenvalue weighted by atomic mass is 10.3. The molecule has 0 radical (unpaired) electrons. The van der Waals surface area contributed by atoms with Crippen molar-refractivity contribution in [1.29, 1.82) is 0 Å². The van der Waals surface area contributed by atoms with Crippen molar-refractivity contribution < 1.29 is 4.74 Å². The Kier molecular flexibility index (Phi) is 4.32. The molecule has 0 aromatic carbocycles. The maximum Gasteiger partial charge on any atom is 0.218 e. The van der Waals surface area contributed by atoms with Gasteiger partial charge in [-0.2, -0.15) is 15.2 Å². The van der Waals surface area contributed by atoms with Crippen LogP contribution in [0.4, 0.5) is 11.5 Å². The van der Waals surface area contributed by atoms with E-state index in [-0.39, 0.29) is 0 Å². The summed E-state index contributed by atoms with van der Waals surface area (Å²) in [5, 5.41) is 7.76. The minimum atomic E-state index is 0.610. The topological polar surface area (TPSA) is 67.3 Å². The fraction of sp³-hybridized carbons (Fsp3) is 0.467. The van der Waals surface area contributed by atoms with Crippen LogP contribution in [0.5, 0.6) is 5.88 Å². The first kappa shape index (κ1) is 14.5. The highest BCUT2D eigenvalue weighted by Crippen LogP contribution is 2.21. The molecule has 3 heterocycles. The second kappa shape index (κ2) is 6.55. The van der Waals surface area contributed by atoms with Crippen molar-refractivity contribution in [3.8, 4) is 5.88 Å². The predicted molar refractivity (Wildman–Crippen MR) is 84.4 cm³/mol. The second-order valence-electron chi connectivity index (χ2n) is 5.12. The molecule has 0 atom stereocenters. The van der Waals surface area contributed by atoms with Crippen molar-refractivity contribution >= 4 is 11.5 Å². The van der Waals surface area contributed by atoms with Gasteiger partial charge >= 0.3 is 0 Å². The molecule has 0 amide bonds. The molecular formula is C15H20N6O. The summed E-state index contributed by atoms with van der Waals surface area (Å²) in [5.41, 5.74) is 1.11. The zero-order valence-electron chi connectivity index (χ0n) is 12.9. The summed E-state index contributed by atoms with van der Waals surface area (Å²) in [4.78, 5) is 13.4. The third-order valence-corrected chi connectivity index (χ3v) is 3.63. The van der Waals surface area contributed by atoms with E-state index in [9.17, 15) is 0 Å². The van der Waals surface area contributed by atoms with E-state index in [2.05, 4.69) is 30.0 Å². The van der Waals surface area contributed by atoms with Crippen molar-refractivity contribution in [3.63, 3.8) is 0 Å². The van der Waals surface area contributed by atoms with Gasteiger partial charge in [-0.25, -0.2) is 4.98 Å². The van der Waals surface area contributed by atoms with Crippen LogP contribution >= 0.6 is 0 Å². The van der Waals surface area contributed by atoms with Crippen molar-refractivity contribution in [2.45, 2.75) is 13.8 Å². The predicted octanol–water partition coefficient (Wildman–Crippen LogP) is 1.30. The summed E-state index contributed by atoms with van der Waals surface area (Å²) in [7, 11) is 0. The Hall–Kier alpha value is -2.44. The van der Waals surface area contributed by atoms with E-state index in [1.165, 1.54) is 0 Å². The number of rotatable bonds is 4. The van der Waals surface area contributed by atoms with E-state index in [0.717, 1.165) is 43.5 Å². The molecule has 2 aromatic rings. The van der Waals surface area contributed by atoms with Crippen molar-refractivity contribution in [1.82, 2.24) is 20.2 Å². The molecule has 7 nitrogen and oxygen atoms in total. The first-order valence-corrected chi connectivity index (χ1v) is 7.51. The molecule has 1 aliphatic heterocycles. The van der Waals surface area contributed by atoms with Crippen LogP contribution in [-0.4, -0.2) is 53.0 Å². The van der Waals surface area contributed by atoms with Gasteiger partial charge in [0.2, 0.25) is 5.88 Å². The van der Waals surface area contributed by atoms with Gasteiger partial charge in [0.1, 0.15) is 11.6 Å². The summed E-state index contributed by atoms with van der Waals surface area (Å²) in [6.07, 6.45) is 3.53. The zero-order valence-corrected chi connectivity index (χ0v) is 12.9. The van der Waals surface area contributed by atoms with Gasteiger partial charge in [0.15, 0.2) is 0 Å². The molecule has 22 heavy (non-hydrogen) atoms. The van der Waals surface area contributed by atoms with Crippen LogP contribution in [0, 0.1) is 6.92 Å². The Bertz CT molecular complexity index is 613. The Morgan fingerprint density at radius 2 is 1.86 bits per heavy atom. The number of piperazine rings is 1.